The Labute approximate surface area is 145 Å². The van der Waals surface area contributed by atoms with Crippen LogP contribution in [0, 0.1) is 0 Å². The minimum Gasteiger partial charge on any atom is -0.481 e. The third-order valence-electron chi connectivity index (χ3n) is 4.80. The topological polar surface area (TPSA) is 87.5 Å². The van der Waals surface area contributed by atoms with Gasteiger partial charge in [-0.15, -0.1) is 0 Å². The summed E-state index contributed by atoms with van der Waals surface area (Å²) in [4.78, 5) is 29.6. The van der Waals surface area contributed by atoms with Crippen molar-refractivity contribution in [2.75, 3.05) is 25.0 Å². The molecule has 0 bridgehead atoms. The van der Waals surface area contributed by atoms with Crippen LogP contribution in [0.25, 0.3) is 11.3 Å². The Bertz CT molecular complexity index is 843. The summed E-state index contributed by atoms with van der Waals surface area (Å²) in [5.74, 6) is -0.0719. The lowest BCUT2D eigenvalue weighted by Crippen LogP contribution is -2.40. The van der Waals surface area contributed by atoms with Gasteiger partial charge in [0, 0.05) is 37.9 Å². The second kappa shape index (κ2) is 6.23. The number of hydrogen-bond acceptors (Lipinski definition) is 4. The molecule has 2 aliphatic heterocycles. The number of carbonyl (C=O) groups excluding carboxylic acids is 1. The van der Waals surface area contributed by atoms with Crippen molar-refractivity contribution in [2.24, 2.45) is 0 Å². The highest BCUT2D eigenvalue weighted by Crippen LogP contribution is 2.28. The number of pyridine rings is 1. The molecule has 7 nitrogen and oxygen atoms in total. The molecule has 4 rings (SSSR count). The van der Waals surface area contributed by atoms with E-state index in [1.54, 1.807) is 4.90 Å². The first-order valence-electron chi connectivity index (χ1n) is 8.57. The van der Waals surface area contributed by atoms with Gasteiger partial charge in [0.1, 0.15) is 11.5 Å². The number of fused-ring (bicyclic) bond motifs is 2. The molecule has 0 spiro atoms. The quantitative estimate of drug-likeness (QED) is 0.887. The van der Waals surface area contributed by atoms with Crippen LogP contribution in [-0.2, 0) is 17.8 Å². The Morgan fingerprint density at radius 2 is 2.20 bits per heavy atom. The number of aliphatic carboxylic acids is 1. The number of carboxylic acid groups (broad SMARTS) is 1. The zero-order valence-electron chi connectivity index (χ0n) is 13.9. The molecule has 2 aliphatic rings. The van der Waals surface area contributed by atoms with Crippen molar-refractivity contribution in [2.45, 2.75) is 25.8 Å². The summed E-state index contributed by atoms with van der Waals surface area (Å²) in [6, 6.07) is 5.95. The lowest BCUT2D eigenvalue weighted by Gasteiger charge is -2.27. The van der Waals surface area contributed by atoms with E-state index in [-0.39, 0.29) is 18.9 Å². The van der Waals surface area contributed by atoms with E-state index in [0.29, 0.717) is 18.8 Å². The summed E-state index contributed by atoms with van der Waals surface area (Å²) in [6.07, 6.45) is 4.09. The van der Waals surface area contributed by atoms with E-state index in [4.69, 9.17) is 10.1 Å². The highest BCUT2D eigenvalue weighted by molar-refractivity contribution is 5.95. The molecule has 0 fully saturated rings. The van der Waals surface area contributed by atoms with Crippen LogP contribution in [0.15, 0.2) is 24.4 Å². The number of aryl methyl sites for hydroxylation is 1. The van der Waals surface area contributed by atoms with E-state index < -0.39 is 5.97 Å². The Kier molecular flexibility index (Phi) is 3.91. The summed E-state index contributed by atoms with van der Waals surface area (Å²) < 4.78 is 1.93. The smallest absolute Gasteiger partial charge is 0.305 e. The highest BCUT2D eigenvalue weighted by Gasteiger charge is 2.26. The molecule has 0 unspecified atom stereocenters. The van der Waals surface area contributed by atoms with Crippen LogP contribution >= 0.6 is 0 Å². The third kappa shape index (κ3) is 2.97. The van der Waals surface area contributed by atoms with E-state index in [0.717, 1.165) is 36.5 Å². The average molecular weight is 340 g/mol. The van der Waals surface area contributed by atoms with Crippen LogP contribution in [0.1, 0.15) is 28.9 Å². The summed E-state index contributed by atoms with van der Waals surface area (Å²) in [6.45, 7) is 2.39. The van der Waals surface area contributed by atoms with E-state index in [1.807, 2.05) is 22.9 Å². The SMILES string of the molecule is O=C(O)CCN1CCn2cc(-c3ccc4c(n3)NCCC4)cc2C1=O. The Morgan fingerprint density at radius 3 is 3.04 bits per heavy atom. The van der Waals surface area contributed by atoms with Crippen molar-refractivity contribution < 1.29 is 14.7 Å². The molecule has 2 aromatic rings. The normalized spacial score (nSPS) is 16.2. The van der Waals surface area contributed by atoms with Gasteiger partial charge in [0.05, 0.1) is 12.1 Å². The maximum Gasteiger partial charge on any atom is 0.305 e. The second-order valence-electron chi connectivity index (χ2n) is 6.48. The van der Waals surface area contributed by atoms with Gasteiger partial charge in [-0.3, -0.25) is 9.59 Å². The first-order chi connectivity index (χ1) is 12.1. The fraction of sp³-hybridized carbons (Fsp3) is 0.389. The molecule has 0 aromatic carbocycles. The van der Waals surface area contributed by atoms with Gasteiger partial charge in [0.2, 0.25) is 0 Å². The number of aromatic nitrogens is 2. The van der Waals surface area contributed by atoms with Crippen molar-refractivity contribution in [1.29, 1.82) is 0 Å². The monoisotopic (exact) mass is 340 g/mol. The summed E-state index contributed by atoms with van der Waals surface area (Å²) in [5.41, 5.74) is 3.59. The molecule has 2 aromatic heterocycles. The molecule has 130 valence electrons. The molecule has 1 amide bonds. The van der Waals surface area contributed by atoms with Gasteiger partial charge in [0.25, 0.3) is 5.91 Å². The Hall–Kier alpha value is -2.83. The van der Waals surface area contributed by atoms with Crippen LogP contribution in [0.4, 0.5) is 5.82 Å². The Balaban J connectivity index is 1.59. The number of nitrogens with zero attached hydrogens (tertiary/aromatic N) is 3. The van der Waals surface area contributed by atoms with Gasteiger partial charge >= 0.3 is 5.97 Å². The molecule has 4 heterocycles. The molecule has 0 saturated heterocycles. The molecule has 2 N–H and O–H groups in total. The summed E-state index contributed by atoms with van der Waals surface area (Å²) >= 11 is 0. The number of hydrogen-bond donors (Lipinski definition) is 2. The van der Waals surface area contributed by atoms with Crippen LogP contribution in [0.3, 0.4) is 0 Å². The average Bonchev–Trinajstić information content (AvgIpc) is 3.06. The molecule has 25 heavy (non-hydrogen) atoms. The number of anilines is 1. The first kappa shape index (κ1) is 15.7. The fourth-order valence-electron chi connectivity index (χ4n) is 3.44. The maximum absolute atomic E-state index is 12.6. The molecule has 0 atom stereocenters. The standard InChI is InChI=1S/C18H20N4O3/c23-16(24)5-7-21-8-9-22-11-13(10-15(22)18(21)25)14-4-3-12-2-1-6-19-17(12)20-14/h3-4,10-11H,1-2,5-9H2,(H,19,20)(H,23,24). The molecule has 7 heteroatoms. The summed E-state index contributed by atoms with van der Waals surface area (Å²) in [5, 5.41) is 12.1. The van der Waals surface area contributed by atoms with E-state index >= 15 is 0 Å². The van der Waals surface area contributed by atoms with E-state index in [2.05, 4.69) is 11.4 Å². The van der Waals surface area contributed by atoms with Gasteiger partial charge in [-0.2, -0.15) is 0 Å². The van der Waals surface area contributed by atoms with Gasteiger partial charge < -0.3 is 19.9 Å². The zero-order chi connectivity index (χ0) is 17.4. The van der Waals surface area contributed by atoms with Crippen molar-refractivity contribution in [3.05, 3.63) is 35.7 Å². The number of carbonyl (C=O) groups is 2. The van der Waals surface area contributed by atoms with Crippen LogP contribution in [0.5, 0.6) is 0 Å². The Morgan fingerprint density at radius 1 is 1.32 bits per heavy atom. The number of carboxylic acids is 1. The second-order valence-corrected chi connectivity index (χ2v) is 6.48. The molecular formula is C18H20N4O3. The van der Waals surface area contributed by atoms with E-state index in [9.17, 15) is 9.59 Å². The third-order valence-corrected chi connectivity index (χ3v) is 4.80. The van der Waals surface area contributed by atoms with Gasteiger partial charge in [-0.1, -0.05) is 6.07 Å². The molecule has 0 aliphatic carbocycles. The van der Waals surface area contributed by atoms with Gasteiger partial charge in [-0.05, 0) is 30.5 Å². The van der Waals surface area contributed by atoms with Crippen molar-refractivity contribution >= 4 is 17.7 Å². The fourth-order valence-corrected chi connectivity index (χ4v) is 3.44. The van der Waals surface area contributed by atoms with Gasteiger partial charge in [0.15, 0.2) is 0 Å². The number of nitrogens with one attached hydrogen (secondary N) is 1. The molecular weight excluding hydrogens is 320 g/mol. The van der Waals surface area contributed by atoms with Crippen molar-refractivity contribution in [3.63, 3.8) is 0 Å². The van der Waals surface area contributed by atoms with Crippen LogP contribution < -0.4 is 5.32 Å². The number of amides is 1. The predicted molar refractivity (Wildman–Crippen MR) is 92.6 cm³/mol. The first-order valence-corrected chi connectivity index (χ1v) is 8.57. The lowest BCUT2D eigenvalue weighted by molar-refractivity contribution is -0.137. The number of rotatable bonds is 4. The molecule has 0 radical (unpaired) electrons. The predicted octanol–water partition coefficient (Wildman–Crippen LogP) is 1.84. The minimum atomic E-state index is -0.889. The summed E-state index contributed by atoms with van der Waals surface area (Å²) in [7, 11) is 0. The minimum absolute atomic E-state index is 0.0304. The van der Waals surface area contributed by atoms with E-state index in [1.165, 1.54) is 5.56 Å². The largest absolute Gasteiger partial charge is 0.481 e. The van der Waals surface area contributed by atoms with Gasteiger partial charge in [-0.25, -0.2) is 4.98 Å². The van der Waals surface area contributed by atoms with Crippen molar-refractivity contribution in [1.82, 2.24) is 14.5 Å². The van der Waals surface area contributed by atoms with Crippen LogP contribution in [-0.4, -0.2) is 51.1 Å². The van der Waals surface area contributed by atoms with Crippen LogP contribution in [0.2, 0.25) is 0 Å². The zero-order valence-corrected chi connectivity index (χ0v) is 13.9. The highest BCUT2D eigenvalue weighted by atomic mass is 16.4. The lowest BCUT2D eigenvalue weighted by atomic mass is 10.1. The molecule has 0 saturated carbocycles. The van der Waals surface area contributed by atoms with Crippen molar-refractivity contribution in [3.8, 4) is 11.3 Å². The maximum atomic E-state index is 12.6.